The normalized spacial score (nSPS) is 9.76. The standard InChI is InChI=1S/C15H12ClN3O2/c16-13-2-1-3-14(12(13)8-17)21-9-10-4-6-11(7-5-10)15(20)19-18/h1-7H,9,18H2,(H,19,20). The molecule has 0 saturated carbocycles. The number of nitrogens with two attached hydrogens (primary N) is 1. The van der Waals surface area contributed by atoms with Crippen LogP contribution in [-0.4, -0.2) is 5.91 Å². The zero-order valence-electron chi connectivity index (χ0n) is 11.0. The monoisotopic (exact) mass is 301 g/mol. The van der Waals surface area contributed by atoms with E-state index in [1.165, 1.54) is 0 Å². The first kappa shape index (κ1) is 14.9. The van der Waals surface area contributed by atoms with Crippen LogP contribution in [0, 0.1) is 11.3 Å². The maximum Gasteiger partial charge on any atom is 0.265 e. The SMILES string of the molecule is N#Cc1c(Cl)cccc1OCc1ccc(C(=O)NN)cc1. The Kier molecular flexibility index (Phi) is 4.77. The molecule has 0 fully saturated rings. The first-order chi connectivity index (χ1) is 10.2. The molecule has 0 atom stereocenters. The molecule has 1 amide bonds. The number of nitrogens with zero attached hydrogens (tertiary/aromatic N) is 1. The molecule has 0 spiro atoms. The maximum atomic E-state index is 11.3. The molecule has 0 bridgehead atoms. The Labute approximate surface area is 126 Å². The van der Waals surface area contributed by atoms with E-state index in [4.69, 9.17) is 27.4 Å². The zero-order valence-corrected chi connectivity index (χ0v) is 11.7. The number of carbonyl (C=O) groups is 1. The van der Waals surface area contributed by atoms with E-state index in [1.54, 1.807) is 42.5 Å². The minimum Gasteiger partial charge on any atom is -0.487 e. The van der Waals surface area contributed by atoms with E-state index in [9.17, 15) is 4.79 Å². The number of hydrazine groups is 1. The highest BCUT2D eigenvalue weighted by molar-refractivity contribution is 6.31. The molecule has 0 aliphatic heterocycles. The van der Waals surface area contributed by atoms with Crippen molar-refractivity contribution in [1.29, 1.82) is 5.26 Å². The number of ether oxygens (including phenoxy) is 1. The van der Waals surface area contributed by atoms with Crippen molar-refractivity contribution in [3.05, 3.63) is 64.2 Å². The van der Waals surface area contributed by atoms with E-state index in [1.807, 2.05) is 6.07 Å². The molecule has 21 heavy (non-hydrogen) atoms. The molecule has 106 valence electrons. The Morgan fingerprint density at radius 3 is 2.62 bits per heavy atom. The highest BCUT2D eigenvalue weighted by Crippen LogP contribution is 2.26. The van der Waals surface area contributed by atoms with Crippen LogP contribution in [0.1, 0.15) is 21.5 Å². The molecule has 5 nitrogen and oxygen atoms in total. The van der Waals surface area contributed by atoms with Crippen molar-refractivity contribution < 1.29 is 9.53 Å². The number of carbonyl (C=O) groups excluding carboxylic acids is 1. The van der Waals surface area contributed by atoms with Gasteiger partial charge in [-0.05, 0) is 29.8 Å². The number of nitrogens with one attached hydrogen (secondary N) is 1. The quantitative estimate of drug-likeness (QED) is 0.515. The summed E-state index contributed by atoms with van der Waals surface area (Å²) in [5, 5.41) is 9.40. The molecule has 0 aliphatic carbocycles. The van der Waals surface area contributed by atoms with Gasteiger partial charge in [0.05, 0.1) is 5.02 Å². The van der Waals surface area contributed by atoms with E-state index >= 15 is 0 Å². The fourth-order valence-corrected chi connectivity index (χ4v) is 1.94. The van der Waals surface area contributed by atoms with Crippen LogP contribution in [0.3, 0.4) is 0 Å². The van der Waals surface area contributed by atoms with E-state index in [2.05, 4.69) is 5.43 Å². The second kappa shape index (κ2) is 6.75. The van der Waals surface area contributed by atoms with Crippen LogP contribution in [-0.2, 0) is 6.61 Å². The Hall–Kier alpha value is -2.55. The molecule has 0 radical (unpaired) electrons. The first-order valence-corrected chi connectivity index (χ1v) is 6.45. The number of amides is 1. The third kappa shape index (κ3) is 3.51. The van der Waals surface area contributed by atoms with Gasteiger partial charge in [-0.3, -0.25) is 10.2 Å². The molecule has 0 aliphatic rings. The average Bonchev–Trinajstić information content (AvgIpc) is 2.52. The van der Waals surface area contributed by atoms with Crippen LogP contribution in [0.2, 0.25) is 5.02 Å². The van der Waals surface area contributed by atoms with Crippen LogP contribution in [0.15, 0.2) is 42.5 Å². The van der Waals surface area contributed by atoms with Crippen molar-refractivity contribution in [3.8, 4) is 11.8 Å². The summed E-state index contributed by atoms with van der Waals surface area (Å²) in [4.78, 5) is 11.3. The van der Waals surface area contributed by atoms with Gasteiger partial charge < -0.3 is 4.74 Å². The van der Waals surface area contributed by atoms with Gasteiger partial charge in [0.25, 0.3) is 5.91 Å². The fourth-order valence-electron chi connectivity index (χ4n) is 1.73. The average molecular weight is 302 g/mol. The van der Waals surface area contributed by atoms with E-state index in [0.29, 0.717) is 21.9 Å². The second-order valence-electron chi connectivity index (χ2n) is 4.18. The Balaban J connectivity index is 2.09. The summed E-state index contributed by atoms with van der Waals surface area (Å²) in [6, 6.07) is 13.8. The molecule has 0 saturated heterocycles. The molecule has 2 aromatic rings. The smallest absolute Gasteiger partial charge is 0.265 e. The number of hydrogen-bond donors (Lipinski definition) is 2. The van der Waals surface area contributed by atoms with Gasteiger partial charge in [-0.1, -0.05) is 29.8 Å². The number of halogens is 1. The van der Waals surface area contributed by atoms with Gasteiger partial charge in [0.1, 0.15) is 24.0 Å². The summed E-state index contributed by atoms with van der Waals surface area (Å²) in [6.07, 6.45) is 0. The molecule has 0 unspecified atom stereocenters. The third-order valence-corrected chi connectivity index (χ3v) is 3.14. The predicted molar refractivity (Wildman–Crippen MR) is 78.6 cm³/mol. The number of nitriles is 1. The van der Waals surface area contributed by atoms with Gasteiger partial charge in [-0.15, -0.1) is 0 Å². The van der Waals surface area contributed by atoms with E-state index in [0.717, 1.165) is 5.56 Å². The second-order valence-corrected chi connectivity index (χ2v) is 4.59. The summed E-state index contributed by atoms with van der Waals surface area (Å²) in [6.45, 7) is 0.263. The highest BCUT2D eigenvalue weighted by atomic mass is 35.5. The Morgan fingerprint density at radius 2 is 2.00 bits per heavy atom. The lowest BCUT2D eigenvalue weighted by molar-refractivity contribution is 0.0953. The molecule has 0 heterocycles. The molecule has 2 aromatic carbocycles. The van der Waals surface area contributed by atoms with Gasteiger partial charge in [-0.25, -0.2) is 5.84 Å². The van der Waals surface area contributed by atoms with Crippen molar-refractivity contribution in [2.45, 2.75) is 6.61 Å². The van der Waals surface area contributed by atoms with Crippen molar-refractivity contribution in [1.82, 2.24) is 5.43 Å². The number of hydrogen-bond acceptors (Lipinski definition) is 4. The Morgan fingerprint density at radius 1 is 1.29 bits per heavy atom. The topological polar surface area (TPSA) is 88.1 Å². The lowest BCUT2D eigenvalue weighted by Crippen LogP contribution is -2.29. The molecule has 2 rings (SSSR count). The summed E-state index contributed by atoms with van der Waals surface area (Å²) in [5.41, 5.74) is 3.68. The van der Waals surface area contributed by atoms with Gasteiger partial charge in [0.2, 0.25) is 0 Å². The van der Waals surface area contributed by atoms with Gasteiger partial charge in [0, 0.05) is 5.56 Å². The maximum absolute atomic E-state index is 11.3. The lowest BCUT2D eigenvalue weighted by atomic mass is 10.1. The molecular formula is C15H12ClN3O2. The highest BCUT2D eigenvalue weighted by Gasteiger charge is 2.08. The van der Waals surface area contributed by atoms with Crippen LogP contribution >= 0.6 is 11.6 Å². The summed E-state index contributed by atoms with van der Waals surface area (Å²) >= 11 is 5.92. The summed E-state index contributed by atoms with van der Waals surface area (Å²) in [5.74, 6) is 5.12. The molecule has 3 N–H and O–H groups in total. The number of rotatable bonds is 4. The van der Waals surface area contributed by atoms with Gasteiger partial charge in [-0.2, -0.15) is 5.26 Å². The van der Waals surface area contributed by atoms with Crippen LogP contribution < -0.4 is 16.0 Å². The number of benzene rings is 2. The largest absolute Gasteiger partial charge is 0.487 e. The van der Waals surface area contributed by atoms with Crippen molar-refractivity contribution in [2.75, 3.05) is 0 Å². The lowest BCUT2D eigenvalue weighted by Gasteiger charge is -2.09. The van der Waals surface area contributed by atoms with Crippen molar-refractivity contribution in [2.24, 2.45) is 5.84 Å². The van der Waals surface area contributed by atoms with Crippen molar-refractivity contribution in [3.63, 3.8) is 0 Å². The molecule has 6 heteroatoms. The van der Waals surface area contributed by atoms with Crippen molar-refractivity contribution >= 4 is 17.5 Å². The molecular weight excluding hydrogens is 290 g/mol. The minimum atomic E-state index is -0.357. The summed E-state index contributed by atoms with van der Waals surface area (Å²) in [7, 11) is 0. The zero-order chi connectivity index (χ0) is 15.2. The predicted octanol–water partition coefficient (Wildman–Crippen LogP) is 2.39. The first-order valence-electron chi connectivity index (χ1n) is 6.07. The van der Waals surface area contributed by atoms with E-state index < -0.39 is 0 Å². The third-order valence-electron chi connectivity index (χ3n) is 2.83. The summed E-state index contributed by atoms with van der Waals surface area (Å²) < 4.78 is 5.59. The minimum absolute atomic E-state index is 0.263. The van der Waals surface area contributed by atoms with Crippen LogP contribution in [0.25, 0.3) is 0 Å². The van der Waals surface area contributed by atoms with E-state index in [-0.39, 0.29) is 12.5 Å². The number of nitrogen functional groups attached to an aromatic ring is 1. The van der Waals surface area contributed by atoms with Crippen LogP contribution in [0.5, 0.6) is 5.75 Å². The Bertz CT molecular complexity index is 693. The van der Waals surface area contributed by atoms with Crippen LogP contribution in [0.4, 0.5) is 0 Å². The van der Waals surface area contributed by atoms with Gasteiger partial charge >= 0.3 is 0 Å². The van der Waals surface area contributed by atoms with Gasteiger partial charge in [0.15, 0.2) is 0 Å². The fraction of sp³-hybridized carbons (Fsp3) is 0.0667. The molecule has 0 aromatic heterocycles.